The van der Waals surface area contributed by atoms with E-state index in [0.29, 0.717) is 13.2 Å². The predicted molar refractivity (Wildman–Crippen MR) is 58.1 cm³/mol. The molecular formula is C10H21N3O2. The fourth-order valence-electron chi connectivity index (χ4n) is 1.56. The van der Waals surface area contributed by atoms with Gasteiger partial charge in [-0.25, -0.2) is 4.79 Å². The molecule has 15 heavy (non-hydrogen) atoms. The van der Waals surface area contributed by atoms with Crippen molar-refractivity contribution in [3.05, 3.63) is 0 Å². The highest BCUT2D eigenvalue weighted by Crippen LogP contribution is 2.20. The molecule has 88 valence electrons. The van der Waals surface area contributed by atoms with E-state index in [1.54, 1.807) is 4.90 Å². The number of ether oxygens (including phenoxy) is 1. The van der Waals surface area contributed by atoms with Gasteiger partial charge in [0.25, 0.3) is 0 Å². The minimum absolute atomic E-state index is 0.0203. The molecule has 0 radical (unpaired) electrons. The summed E-state index contributed by atoms with van der Waals surface area (Å²) >= 11 is 0. The van der Waals surface area contributed by atoms with Gasteiger partial charge in [-0.05, 0) is 11.8 Å². The molecule has 1 saturated heterocycles. The molecule has 1 fully saturated rings. The third kappa shape index (κ3) is 3.35. The van der Waals surface area contributed by atoms with E-state index in [4.69, 9.17) is 10.6 Å². The van der Waals surface area contributed by atoms with Crippen LogP contribution in [0.25, 0.3) is 0 Å². The summed E-state index contributed by atoms with van der Waals surface area (Å²) in [6.45, 7) is 8.16. The van der Waals surface area contributed by atoms with Gasteiger partial charge in [0.2, 0.25) is 0 Å². The molecule has 0 spiro atoms. The Morgan fingerprint density at radius 2 is 2.27 bits per heavy atom. The molecule has 1 heterocycles. The number of hydrogen-bond donors (Lipinski definition) is 2. The molecule has 5 nitrogen and oxygen atoms in total. The van der Waals surface area contributed by atoms with Gasteiger partial charge in [0.15, 0.2) is 0 Å². The first kappa shape index (κ1) is 12.3. The van der Waals surface area contributed by atoms with Gasteiger partial charge in [0, 0.05) is 19.1 Å². The van der Waals surface area contributed by atoms with Crippen LogP contribution in [0, 0.1) is 5.41 Å². The van der Waals surface area contributed by atoms with Gasteiger partial charge in [-0.2, -0.15) is 0 Å². The fraction of sp³-hybridized carbons (Fsp3) is 0.900. The molecule has 0 saturated carbocycles. The zero-order valence-corrected chi connectivity index (χ0v) is 9.75. The number of amides is 1. The molecule has 1 aliphatic heterocycles. The standard InChI is InChI=1S/C10H21N3O2/c1-10(2,3)8(12-11)7-13-5-4-6-15-9(13)14/h8,12H,4-7,11H2,1-3H3/t8-/m1/s1. The van der Waals surface area contributed by atoms with E-state index < -0.39 is 0 Å². The average Bonchev–Trinajstić information content (AvgIpc) is 2.14. The van der Waals surface area contributed by atoms with Gasteiger partial charge < -0.3 is 9.64 Å². The van der Waals surface area contributed by atoms with E-state index in [0.717, 1.165) is 13.0 Å². The van der Waals surface area contributed by atoms with Gasteiger partial charge in [0.05, 0.1) is 6.61 Å². The largest absolute Gasteiger partial charge is 0.449 e. The first-order valence-electron chi connectivity index (χ1n) is 5.33. The summed E-state index contributed by atoms with van der Waals surface area (Å²) in [5.41, 5.74) is 2.78. The summed E-state index contributed by atoms with van der Waals surface area (Å²) in [6, 6.07) is 0.0724. The summed E-state index contributed by atoms with van der Waals surface area (Å²) in [7, 11) is 0. The normalized spacial score (nSPS) is 20.0. The van der Waals surface area contributed by atoms with Crippen LogP contribution in [0.1, 0.15) is 27.2 Å². The molecule has 1 atom stereocenters. The Balaban J connectivity index is 2.54. The molecule has 0 aromatic carbocycles. The third-order valence-corrected chi connectivity index (χ3v) is 2.71. The smallest absolute Gasteiger partial charge is 0.409 e. The summed E-state index contributed by atoms with van der Waals surface area (Å²) in [5.74, 6) is 5.49. The van der Waals surface area contributed by atoms with Crippen LogP contribution < -0.4 is 11.3 Å². The lowest BCUT2D eigenvalue weighted by molar-refractivity contribution is 0.0615. The molecule has 0 unspecified atom stereocenters. The van der Waals surface area contributed by atoms with Crippen molar-refractivity contribution < 1.29 is 9.53 Å². The highest BCUT2D eigenvalue weighted by molar-refractivity contribution is 5.68. The van der Waals surface area contributed by atoms with Crippen LogP contribution in [0.4, 0.5) is 4.79 Å². The maximum absolute atomic E-state index is 11.4. The summed E-state index contributed by atoms with van der Waals surface area (Å²) in [5, 5.41) is 0. The van der Waals surface area contributed by atoms with E-state index in [1.165, 1.54) is 0 Å². The van der Waals surface area contributed by atoms with Crippen molar-refractivity contribution in [3.63, 3.8) is 0 Å². The number of rotatable bonds is 3. The maximum atomic E-state index is 11.4. The second-order valence-corrected chi connectivity index (χ2v) is 5.00. The molecule has 0 aromatic heterocycles. The number of carbonyl (C=O) groups excluding carboxylic acids is 1. The van der Waals surface area contributed by atoms with E-state index >= 15 is 0 Å². The highest BCUT2D eigenvalue weighted by Gasteiger charge is 2.29. The number of carbonyl (C=O) groups is 1. The number of hydrogen-bond acceptors (Lipinski definition) is 4. The average molecular weight is 215 g/mol. The zero-order valence-electron chi connectivity index (χ0n) is 9.75. The third-order valence-electron chi connectivity index (χ3n) is 2.71. The molecule has 1 aliphatic rings. The van der Waals surface area contributed by atoms with Crippen LogP contribution in [-0.2, 0) is 4.74 Å². The Hall–Kier alpha value is -0.810. The number of cyclic esters (lactones) is 1. The van der Waals surface area contributed by atoms with Crippen LogP contribution in [0.15, 0.2) is 0 Å². The molecule has 0 bridgehead atoms. The number of nitrogens with two attached hydrogens (primary N) is 1. The first-order valence-corrected chi connectivity index (χ1v) is 5.33. The van der Waals surface area contributed by atoms with E-state index in [1.807, 2.05) is 0 Å². The fourth-order valence-corrected chi connectivity index (χ4v) is 1.56. The first-order chi connectivity index (χ1) is 6.95. The maximum Gasteiger partial charge on any atom is 0.409 e. The van der Waals surface area contributed by atoms with Crippen LogP contribution in [0.2, 0.25) is 0 Å². The summed E-state index contributed by atoms with van der Waals surface area (Å²) in [4.78, 5) is 13.1. The molecule has 0 aliphatic carbocycles. The van der Waals surface area contributed by atoms with Gasteiger partial charge in [-0.15, -0.1) is 0 Å². The molecule has 1 amide bonds. The monoisotopic (exact) mass is 215 g/mol. The Labute approximate surface area is 90.9 Å². The second-order valence-electron chi connectivity index (χ2n) is 5.00. The minimum Gasteiger partial charge on any atom is -0.449 e. The highest BCUT2D eigenvalue weighted by atomic mass is 16.6. The molecule has 0 aromatic rings. The van der Waals surface area contributed by atoms with Crippen LogP contribution in [0.3, 0.4) is 0 Å². The summed E-state index contributed by atoms with van der Waals surface area (Å²) < 4.78 is 4.97. The zero-order chi connectivity index (χ0) is 11.5. The van der Waals surface area contributed by atoms with Gasteiger partial charge in [0.1, 0.15) is 0 Å². The number of nitrogens with one attached hydrogen (secondary N) is 1. The Kier molecular flexibility index (Phi) is 3.93. The Morgan fingerprint density at radius 1 is 1.60 bits per heavy atom. The molecule has 1 rings (SSSR count). The van der Waals surface area contributed by atoms with Gasteiger partial charge in [-0.1, -0.05) is 20.8 Å². The topological polar surface area (TPSA) is 67.6 Å². The Morgan fingerprint density at radius 3 is 2.73 bits per heavy atom. The molecular weight excluding hydrogens is 194 g/mol. The van der Waals surface area contributed by atoms with Crippen LogP contribution in [0.5, 0.6) is 0 Å². The lowest BCUT2D eigenvalue weighted by Crippen LogP contribution is -2.53. The van der Waals surface area contributed by atoms with Crippen molar-refractivity contribution in [2.24, 2.45) is 11.3 Å². The Bertz CT molecular complexity index is 225. The number of nitrogens with zero attached hydrogens (tertiary/aromatic N) is 1. The van der Waals surface area contributed by atoms with Crippen molar-refractivity contribution in [3.8, 4) is 0 Å². The lowest BCUT2D eigenvalue weighted by Gasteiger charge is -2.35. The van der Waals surface area contributed by atoms with Gasteiger partial charge in [-0.3, -0.25) is 11.3 Å². The van der Waals surface area contributed by atoms with Crippen molar-refractivity contribution >= 4 is 6.09 Å². The molecule has 3 N–H and O–H groups in total. The molecule has 5 heteroatoms. The predicted octanol–water partition coefficient (Wildman–Crippen LogP) is 0.707. The van der Waals surface area contributed by atoms with Crippen molar-refractivity contribution in [1.29, 1.82) is 0 Å². The van der Waals surface area contributed by atoms with E-state index in [9.17, 15) is 4.79 Å². The minimum atomic E-state index is -0.231. The summed E-state index contributed by atoms with van der Waals surface area (Å²) in [6.07, 6.45) is 0.665. The van der Waals surface area contributed by atoms with Crippen LogP contribution >= 0.6 is 0 Å². The van der Waals surface area contributed by atoms with Crippen molar-refractivity contribution in [2.45, 2.75) is 33.2 Å². The van der Waals surface area contributed by atoms with Crippen molar-refractivity contribution in [1.82, 2.24) is 10.3 Å². The van der Waals surface area contributed by atoms with Gasteiger partial charge >= 0.3 is 6.09 Å². The van der Waals surface area contributed by atoms with E-state index in [2.05, 4.69) is 26.2 Å². The van der Waals surface area contributed by atoms with Crippen molar-refractivity contribution in [2.75, 3.05) is 19.7 Å². The van der Waals surface area contributed by atoms with Crippen LogP contribution in [-0.4, -0.2) is 36.7 Å². The lowest BCUT2D eigenvalue weighted by atomic mass is 9.87. The van der Waals surface area contributed by atoms with E-state index in [-0.39, 0.29) is 17.6 Å². The quantitative estimate of drug-likeness (QED) is 0.537. The SMILES string of the molecule is CC(C)(C)[C@@H](CN1CCCOC1=O)NN. The number of hydrazine groups is 1. The second kappa shape index (κ2) is 4.81.